The van der Waals surface area contributed by atoms with Crippen LogP contribution in [0.3, 0.4) is 0 Å². The number of alkyl halides is 1. The van der Waals surface area contributed by atoms with Crippen LogP contribution in [0, 0.1) is 6.92 Å². The fourth-order valence-corrected chi connectivity index (χ4v) is 1.87. The standard InChI is InChI=1S/C13H18ClNO2/c1-3-10(6-7-14)15-13(17)11-8-9(2)4-5-12(11)16/h4-5,8,10,16H,3,6-7H2,1-2H3,(H,15,17). The molecule has 1 amide bonds. The fraction of sp³-hybridized carbons (Fsp3) is 0.462. The Bertz CT molecular complexity index is 393. The van der Waals surface area contributed by atoms with Crippen LogP contribution in [-0.4, -0.2) is 22.9 Å². The monoisotopic (exact) mass is 255 g/mol. The number of carbonyl (C=O) groups is 1. The first-order valence-electron chi connectivity index (χ1n) is 5.75. The number of phenolic OH excluding ortho intramolecular Hbond substituents is 1. The van der Waals surface area contributed by atoms with Gasteiger partial charge >= 0.3 is 0 Å². The molecule has 0 aliphatic carbocycles. The number of halogens is 1. The van der Waals surface area contributed by atoms with Crippen molar-refractivity contribution in [1.29, 1.82) is 0 Å². The molecule has 0 aliphatic rings. The van der Waals surface area contributed by atoms with Gasteiger partial charge in [-0.1, -0.05) is 18.6 Å². The second-order valence-electron chi connectivity index (χ2n) is 4.08. The molecule has 0 saturated heterocycles. The van der Waals surface area contributed by atoms with Gasteiger partial charge in [0.1, 0.15) is 5.75 Å². The van der Waals surface area contributed by atoms with Gasteiger partial charge in [0.05, 0.1) is 5.56 Å². The lowest BCUT2D eigenvalue weighted by Crippen LogP contribution is -2.34. The van der Waals surface area contributed by atoms with Crippen molar-refractivity contribution in [3.05, 3.63) is 29.3 Å². The van der Waals surface area contributed by atoms with Gasteiger partial charge < -0.3 is 10.4 Å². The molecule has 0 bridgehead atoms. The lowest BCUT2D eigenvalue weighted by molar-refractivity contribution is 0.0932. The van der Waals surface area contributed by atoms with E-state index in [-0.39, 0.29) is 17.7 Å². The predicted molar refractivity (Wildman–Crippen MR) is 69.7 cm³/mol. The molecule has 17 heavy (non-hydrogen) atoms. The van der Waals surface area contributed by atoms with Crippen LogP contribution >= 0.6 is 11.6 Å². The van der Waals surface area contributed by atoms with E-state index >= 15 is 0 Å². The number of phenols is 1. The number of amides is 1. The Morgan fingerprint density at radius 3 is 2.82 bits per heavy atom. The van der Waals surface area contributed by atoms with Crippen LogP contribution in [-0.2, 0) is 0 Å². The molecule has 94 valence electrons. The molecule has 0 heterocycles. The largest absolute Gasteiger partial charge is 0.507 e. The van der Waals surface area contributed by atoms with Crippen molar-refractivity contribution < 1.29 is 9.90 Å². The maximum Gasteiger partial charge on any atom is 0.255 e. The summed E-state index contributed by atoms with van der Waals surface area (Å²) >= 11 is 5.66. The van der Waals surface area contributed by atoms with Crippen LogP contribution in [0.5, 0.6) is 5.75 Å². The van der Waals surface area contributed by atoms with Crippen molar-refractivity contribution in [2.75, 3.05) is 5.88 Å². The van der Waals surface area contributed by atoms with Crippen molar-refractivity contribution in [2.24, 2.45) is 0 Å². The number of carbonyl (C=O) groups excluding carboxylic acids is 1. The molecule has 1 unspecified atom stereocenters. The summed E-state index contributed by atoms with van der Waals surface area (Å²) in [5, 5.41) is 12.5. The Morgan fingerprint density at radius 2 is 2.24 bits per heavy atom. The Labute approximate surface area is 107 Å². The Morgan fingerprint density at radius 1 is 1.53 bits per heavy atom. The van der Waals surface area contributed by atoms with Gasteiger partial charge in [-0.05, 0) is 31.9 Å². The topological polar surface area (TPSA) is 49.3 Å². The minimum Gasteiger partial charge on any atom is -0.507 e. The highest BCUT2D eigenvalue weighted by Gasteiger charge is 2.14. The van der Waals surface area contributed by atoms with Crippen LogP contribution in [0.2, 0.25) is 0 Å². The first kappa shape index (κ1) is 13.8. The summed E-state index contributed by atoms with van der Waals surface area (Å²) in [6.45, 7) is 3.87. The lowest BCUT2D eigenvalue weighted by Gasteiger charge is -2.16. The molecule has 1 rings (SSSR count). The maximum absolute atomic E-state index is 11.9. The smallest absolute Gasteiger partial charge is 0.255 e. The van der Waals surface area contributed by atoms with E-state index in [1.54, 1.807) is 12.1 Å². The molecule has 1 aromatic carbocycles. The minimum absolute atomic E-state index is 0.00817. The van der Waals surface area contributed by atoms with E-state index < -0.39 is 0 Å². The molecular weight excluding hydrogens is 238 g/mol. The summed E-state index contributed by atoms with van der Waals surface area (Å²) in [7, 11) is 0. The number of rotatable bonds is 5. The van der Waals surface area contributed by atoms with Crippen LogP contribution in [0.25, 0.3) is 0 Å². The third-order valence-corrected chi connectivity index (χ3v) is 2.90. The van der Waals surface area contributed by atoms with Crippen molar-refractivity contribution >= 4 is 17.5 Å². The molecule has 3 nitrogen and oxygen atoms in total. The predicted octanol–water partition coefficient (Wildman–Crippen LogP) is 2.84. The minimum atomic E-state index is -0.247. The highest BCUT2D eigenvalue weighted by Crippen LogP contribution is 2.18. The second kappa shape index (κ2) is 6.50. The van der Waals surface area contributed by atoms with Crippen molar-refractivity contribution in [1.82, 2.24) is 5.32 Å². The molecule has 1 atom stereocenters. The van der Waals surface area contributed by atoms with E-state index in [0.29, 0.717) is 11.4 Å². The van der Waals surface area contributed by atoms with Gasteiger partial charge in [-0.2, -0.15) is 0 Å². The van der Waals surface area contributed by atoms with E-state index in [4.69, 9.17) is 11.6 Å². The van der Waals surface area contributed by atoms with E-state index in [0.717, 1.165) is 18.4 Å². The quantitative estimate of drug-likeness (QED) is 0.795. The van der Waals surface area contributed by atoms with Crippen LogP contribution in [0.1, 0.15) is 35.7 Å². The van der Waals surface area contributed by atoms with Crippen molar-refractivity contribution in [2.45, 2.75) is 32.7 Å². The molecule has 0 fully saturated rings. The van der Waals surface area contributed by atoms with Crippen LogP contribution in [0.4, 0.5) is 0 Å². The van der Waals surface area contributed by atoms with Gasteiger partial charge in [-0.3, -0.25) is 4.79 Å². The summed E-state index contributed by atoms with van der Waals surface area (Å²) in [4.78, 5) is 11.9. The number of aromatic hydroxyl groups is 1. The second-order valence-corrected chi connectivity index (χ2v) is 4.45. The number of nitrogens with one attached hydrogen (secondary N) is 1. The number of hydrogen-bond donors (Lipinski definition) is 2. The van der Waals surface area contributed by atoms with Gasteiger partial charge in [-0.25, -0.2) is 0 Å². The fourth-order valence-electron chi connectivity index (χ4n) is 1.60. The number of aryl methyl sites for hydroxylation is 1. The SMILES string of the molecule is CCC(CCCl)NC(=O)c1cc(C)ccc1O. The average molecular weight is 256 g/mol. The molecule has 2 N–H and O–H groups in total. The van der Waals surface area contributed by atoms with Gasteiger partial charge in [-0.15, -0.1) is 11.6 Å². The van der Waals surface area contributed by atoms with Crippen LogP contribution in [0.15, 0.2) is 18.2 Å². The Kier molecular flexibility index (Phi) is 5.29. The van der Waals surface area contributed by atoms with Crippen LogP contribution < -0.4 is 5.32 Å². The zero-order valence-corrected chi connectivity index (χ0v) is 10.9. The number of hydrogen-bond acceptors (Lipinski definition) is 2. The summed E-state index contributed by atoms with van der Waals surface area (Å²) in [6, 6.07) is 5.03. The zero-order chi connectivity index (χ0) is 12.8. The normalized spacial score (nSPS) is 12.2. The summed E-state index contributed by atoms with van der Waals surface area (Å²) < 4.78 is 0. The summed E-state index contributed by atoms with van der Waals surface area (Å²) in [5.41, 5.74) is 1.26. The van der Waals surface area contributed by atoms with E-state index in [9.17, 15) is 9.90 Å². The van der Waals surface area contributed by atoms with Crippen molar-refractivity contribution in [3.8, 4) is 5.75 Å². The van der Waals surface area contributed by atoms with E-state index in [1.807, 2.05) is 13.8 Å². The summed E-state index contributed by atoms with van der Waals surface area (Å²) in [5.74, 6) is 0.274. The molecule has 0 aromatic heterocycles. The Hall–Kier alpha value is -1.22. The molecule has 0 saturated carbocycles. The molecule has 4 heteroatoms. The molecule has 0 radical (unpaired) electrons. The van der Waals surface area contributed by atoms with Gasteiger partial charge in [0.25, 0.3) is 5.91 Å². The Balaban J connectivity index is 2.78. The van der Waals surface area contributed by atoms with Gasteiger partial charge in [0.15, 0.2) is 0 Å². The molecule has 1 aromatic rings. The first-order valence-corrected chi connectivity index (χ1v) is 6.28. The van der Waals surface area contributed by atoms with Gasteiger partial charge in [0, 0.05) is 11.9 Å². The van der Waals surface area contributed by atoms with E-state index in [2.05, 4.69) is 5.32 Å². The third-order valence-electron chi connectivity index (χ3n) is 2.68. The average Bonchev–Trinajstić information content (AvgIpc) is 2.31. The highest BCUT2D eigenvalue weighted by atomic mass is 35.5. The maximum atomic E-state index is 11.9. The first-order chi connectivity index (χ1) is 8.08. The third kappa shape index (κ3) is 3.93. The van der Waals surface area contributed by atoms with Crippen molar-refractivity contribution in [3.63, 3.8) is 0 Å². The lowest BCUT2D eigenvalue weighted by atomic mass is 10.1. The summed E-state index contributed by atoms with van der Waals surface area (Å²) in [6.07, 6.45) is 1.56. The van der Waals surface area contributed by atoms with Gasteiger partial charge in [0.2, 0.25) is 0 Å². The molecule has 0 spiro atoms. The number of benzene rings is 1. The zero-order valence-electron chi connectivity index (χ0n) is 10.2. The highest BCUT2D eigenvalue weighted by molar-refractivity contribution is 6.17. The molecule has 0 aliphatic heterocycles. The molecular formula is C13H18ClNO2. The van der Waals surface area contributed by atoms with E-state index in [1.165, 1.54) is 6.07 Å².